The van der Waals surface area contributed by atoms with E-state index in [0.29, 0.717) is 36.6 Å². The van der Waals surface area contributed by atoms with Crippen LogP contribution < -0.4 is 10.2 Å². The Bertz CT molecular complexity index is 908. The maximum atomic E-state index is 13.0. The van der Waals surface area contributed by atoms with Gasteiger partial charge in [0.1, 0.15) is 5.69 Å². The molecule has 1 aliphatic heterocycles. The van der Waals surface area contributed by atoms with E-state index < -0.39 is 0 Å². The summed E-state index contributed by atoms with van der Waals surface area (Å²) < 4.78 is 0. The molecule has 1 aliphatic rings. The molecule has 29 heavy (non-hydrogen) atoms. The van der Waals surface area contributed by atoms with Crippen LogP contribution in [0.3, 0.4) is 0 Å². The number of aryl methyl sites for hydroxylation is 1. The second kappa shape index (κ2) is 9.27. The van der Waals surface area contributed by atoms with Crippen molar-refractivity contribution in [3.05, 3.63) is 62.7 Å². The summed E-state index contributed by atoms with van der Waals surface area (Å²) in [5.74, 6) is -0.124. The molecule has 6 nitrogen and oxygen atoms in total. The van der Waals surface area contributed by atoms with Crippen molar-refractivity contribution >= 4 is 34.6 Å². The highest BCUT2D eigenvalue weighted by Crippen LogP contribution is 2.33. The second-order valence-electron chi connectivity index (χ2n) is 7.26. The number of nitro benzene ring substituents is 1. The zero-order chi connectivity index (χ0) is 21.0. The van der Waals surface area contributed by atoms with E-state index in [1.165, 1.54) is 6.07 Å². The van der Waals surface area contributed by atoms with E-state index in [9.17, 15) is 14.9 Å². The van der Waals surface area contributed by atoms with Crippen molar-refractivity contribution in [3.8, 4) is 0 Å². The Morgan fingerprint density at radius 3 is 2.48 bits per heavy atom. The first-order valence-electron chi connectivity index (χ1n) is 10.1. The third-order valence-corrected chi connectivity index (χ3v) is 5.96. The Labute approximate surface area is 176 Å². The lowest BCUT2D eigenvalue weighted by Crippen LogP contribution is -2.38. The van der Waals surface area contributed by atoms with Crippen molar-refractivity contribution < 1.29 is 9.72 Å². The quantitative estimate of drug-likeness (QED) is 0.517. The number of nitrogens with zero attached hydrogens (tertiary/aromatic N) is 2. The number of carbonyl (C=O) groups is 1. The van der Waals surface area contributed by atoms with Gasteiger partial charge in [0.2, 0.25) is 5.91 Å². The number of halogens is 1. The number of benzene rings is 2. The van der Waals surface area contributed by atoms with Crippen LogP contribution in [0, 0.1) is 16.0 Å². The number of hydrogen-bond acceptors (Lipinski definition) is 4. The first kappa shape index (κ1) is 21.1. The van der Waals surface area contributed by atoms with Gasteiger partial charge < -0.3 is 10.2 Å². The zero-order valence-corrected chi connectivity index (χ0v) is 17.5. The fourth-order valence-electron chi connectivity index (χ4n) is 3.96. The van der Waals surface area contributed by atoms with Crippen LogP contribution in [0.15, 0.2) is 36.4 Å². The number of hydrogen-bond donors (Lipinski definition) is 1. The summed E-state index contributed by atoms with van der Waals surface area (Å²) in [4.78, 5) is 25.9. The van der Waals surface area contributed by atoms with E-state index in [1.807, 2.05) is 24.0 Å². The highest BCUT2D eigenvalue weighted by molar-refractivity contribution is 6.32. The van der Waals surface area contributed by atoms with Gasteiger partial charge in [-0.15, -0.1) is 0 Å². The van der Waals surface area contributed by atoms with Gasteiger partial charge in [-0.25, -0.2) is 0 Å². The maximum Gasteiger partial charge on any atom is 0.292 e. The van der Waals surface area contributed by atoms with Crippen LogP contribution in [0.4, 0.5) is 17.1 Å². The van der Waals surface area contributed by atoms with Gasteiger partial charge in [-0.05, 0) is 48.9 Å². The highest BCUT2D eigenvalue weighted by atomic mass is 35.5. The first-order chi connectivity index (χ1) is 14.0. The molecule has 0 saturated carbocycles. The Hall–Kier alpha value is -2.60. The van der Waals surface area contributed by atoms with Crippen molar-refractivity contribution in [2.45, 2.75) is 39.5 Å². The molecule has 2 aromatic carbocycles. The summed E-state index contributed by atoms with van der Waals surface area (Å²) in [5.41, 5.74) is 3.62. The number of carbonyl (C=O) groups excluding carboxylic acids is 1. The van der Waals surface area contributed by atoms with E-state index in [0.717, 1.165) is 29.7 Å². The molecule has 0 spiro atoms. The SMILES string of the molecule is CCc1ccc(Cl)c(CC)c1NC(=O)C1CCN(c2ccccc2[N+](=O)[O-])CC1. The van der Waals surface area contributed by atoms with Crippen LogP contribution in [0.1, 0.15) is 37.8 Å². The number of piperidine rings is 1. The number of nitrogens with one attached hydrogen (secondary N) is 1. The van der Waals surface area contributed by atoms with Crippen LogP contribution in [0.5, 0.6) is 0 Å². The molecule has 0 aromatic heterocycles. The number of rotatable bonds is 6. The van der Waals surface area contributed by atoms with E-state index in [4.69, 9.17) is 11.6 Å². The van der Waals surface area contributed by atoms with Gasteiger partial charge in [0.15, 0.2) is 0 Å². The van der Waals surface area contributed by atoms with E-state index in [-0.39, 0.29) is 22.4 Å². The van der Waals surface area contributed by atoms with Crippen LogP contribution >= 0.6 is 11.6 Å². The molecule has 0 bridgehead atoms. The zero-order valence-electron chi connectivity index (χ0n) is 16.8. The lowest BCUT2D eigenvalue weighted by atomic mass is 9.94. The van der Waals surface area contributed by atoms with E-state index in [2.05, 4.69) is 12.2 Å². The lowest BCUT2D eigenvalue weighted by molar-refractivity contribution is -0.384. The van der Waals surface area contributed by atoms with Crippen molar-refractivity contribution in [1.29, 1.82) is 0 Å². The topological polar surface area (TPSA) is 75.5 Å². The Kier molecular flexibility index (Phi) is 6.75. The average Bonchev–Trinajstić information content (AvgIpc) is 2.74. The van der Waals surface area contributed by atoms with Crippen LogP contribution in [0.2, 0.25) is 5.02 Å². The van der Waals surface area contributed by atoms with Crippen molar-refractivity contribution in [3.63, 3.8) is 0 Å². The standard InChI is InChI=1S/C22H26ClN3O3/c1-3-15-9-10-18(23)17(4-2)21(15)24-22(27)16-11-13-25(14-12-16)19-7-5-6-8-20(19)26(28)29/h5-10,16H,3-4,11-14H2,1-2H3,(H,24,27). The lowest BCUT2D eigenvalue weighted by Gasteiger charge is -2.33. The molecule has 0 aliphatic carbocycles. The number of amides is 1. The van der Waals surface area contributed by atoms with Crippen molar-refractivity contribution in [2.75, 3.05) is 23.3 Å². The Morgan fingerprint density at radius 1 is 1.17 bits per heavy atom. The minimum Gasteiger partial charge on any atom is -0.366 e. The minimum atomic E-state index is -0.355. The van der Waals surface area contributed by atoms with Crippen molar-refractivity contribution in [1.82, 2.24) is 0 Å². The molecular weight excluding hydrogens is 390 g/mol. The monoisotopic (exact) mass is 415 g/mol. The van der Waals surface area contributed by atoms with E-state index >= 15 is 0 Å². The smallest absolute Gasteiger partial charge is 0.292 e. The normalized spacial score (nSPS) is 14.7. The molecular formula is C22H26ClN3O3. The van der Waals surface area contributed by atoms with Gasteiger partial charge in [0, 0.05) is 35.8 Å². The van der Waals surface area contributed by atoms with Gasteiger partial charge >= 0.3 is 0 Å². The highest BCUT2D eigenvalue weighted by Gasteiger charge is 2.28. The molecule has 0 unspecified atom stereocenters. The van der Waals surface area contributed by atoms with Crippen molar-refractivity contribution in [2.24, 2.45) is 5.92 Å². The average molecular weight is 416 g/mol. The summed E-state index contributed by atoms with van der Waals surface area (Å²) in [6.07, 6.45) is 2.87. The van der Waals surface area contributed by atoms with Gasteiger partial charge in [-0.3, -0.25) is 14.9 Å². The number of anilines is 2. The number of para-hydroxylation sites is 2. The van der Waals surface area contributed by atoms with Gasteiger partial charge in [0.25, 0.3) is 5.69 Å². The van der Waals surface area contributed by atoms with Gasteiger partial charge in [0.05, 0.1) is 4.92 Å². The summed E-state index contributed by atoms with van der Waals surface area (Å²) in [5, 5.41) is 15.1. The maximum absolute atomic E-state index is 13.0. The summed E-state index contributed by atoms with van der Waals surface area (Å²) >= 11 is 6.34. The van der Waals surface area contributed by atoms with Crippen LogP contribution in [-0.2, 0) is 17.6 Å². The predicted octanol–water partition coefficient (Wildman–Crippen LogP) is 5.23. The summed E-state index contributed by atoms with van der Waals surface area (Å²) in [7, 11) is 0. The van der Waals surface area contributed by atoms with Crippen LogP contribution in [-0.4, -0.2) is 23.9 Å². The van der Waals surface area contributed by atoms with E-state index in [1.54, 1.807) is 18.2 Å². The fraction of sp³-hybridized carbons (Fsp3) is 0.409. The first-order valence-corrected chi connectivity index (χ1v) is 10.4. The Balaban J connectivity index is 1.71. The molecule has 1 fully saturated rings. The molecule has 0 radical (unpaired) electrons. The third-order valence-electron chi connectivity index (χ3n) is 5.61. The predicted molar refractivity (Wildman–Crippen MR) is 117 cm³/mol. The summed E-state index contributed by atoms with van der Waals surface area (Å²) in [6.45, 7) is 5.31. The molecule has 1 amide bonds. The molecule has 1 saturated heterocycles. The molecule has 7 heteroatoms. The largest absolute Gasteiger partial charge is 0.366 e. The Morgan fingerprint density at radius 2 is 1.86 bits per heavy atom. The van der Waals surface area contributed by atoms with Gasteiger partial charge in [-0.1, -0.05) is 43.6 Å². The summed E-state index contributed by atoms with van der Waals surface area (Å²) in [6, 6.07) is 10.6. The molecule has 154 valence electrons. The molecule has 2 aromatic rings. The molecule has 1 heterocycles. The van der Waals surface area contributed by atoms with Gasteiger partial charge in [-0.2, -0.15) is 0 Å². The third kappa shape index (κ3) is 4.53. The molecule has 1 N–H and O–H groups in total. The molecule has 0 atom stereocenters. The van der Waals surface area contributed by atoms with Crippen LogP contribution in [0.25, 0.3) is 0 Å². The second-order valence-corrected chi connectivity index (χ2v) is 7.67. The minimum absolute atomic E-state index is 0.00104. The fourth-order valence-corrected chi connectivity index (χ4v) is 4.25. The number of nitro groups is 1. The molecule has 3 rings (SSSR count).